The third-order valence-electron chi connectivity index (χ3n) is 2.97. The van der Waals surface area contributed by atoms with Gasteiger partial charge in [0.2, 0.25) is 5.95 Å². The number of aryl methyl sites for hydroxylation is 1. The summed E-state index contributed by atoms with van der Waals surface area (Å²) in [5.41, 5.74) is 0.979. The smallest absolute Gasteiger partial charge is 0.225 e. The predicted molar refractivity (Wildman–Crippen MR) is 71.3 cm³/mol. The van der Waals surface area contributed by atoms with E-state index in [0.717, 1.165) is 11.5 Å². The van der Waals surface area contributed by atoms with Gasteiger partial charge in [-0.15, -0.1) is 6.58 Å². The Bertz CT molecular complexity index is 383. The highest BCUT2D eigenvalue weighted by molar-refractivity contribution is 5.43. The van der Waals surface area contributed by atoms with Crippen LogP contribution in [0.1, 0.15) is 31.4 Å². The normalized spacial score (nSPS) is 15.8. The van der Waals surface area contributed by atoms with Gasteiger partial charge in [-0.3, -0.25) is 0 Å². The molecule has 2 rings (SSSR count). The summed E-state index contributed by atoms with van der Waals surface area (Å²) in [5, 5.41) is 6.60. The number of nitrogens with zero attached hydrogens (tertiary/aromatic N) is 2. The third kappa shape index (κ3) is 3.44. The molecule has 1 fully saturated rings. The van der Waals surface area contributed by atoms with Crippen LogP contribution in [0, 0.1) is 6.92 Å². The lowest BCUT2D eigenvalue weighted by Crippen LogP contribution is -2.16. The van der Waals surface area contributed by atoms with E-state index in [1.54, 1.807) is 6.08 Å². The zero-order valence-corrected chi connectivity index (χ0v) is 10.4. The van der Waals surface area contributed by atoms with Crippen molar-refractivity contribution in [1.29, 1.82) is 0 Å². The van der Waals surface area contributed by atoms with Crippen molar-refractivity contribution in [3.63, 3.8) is 0 Å². The van der Waals surface area contributed by atoms with E-state index in [-0.39, 0.29) is 0 Å². The molecular formula is C13H20N4. The molecule has 0 amide bonds. The zero-order valence-electron chi connectivity index (χ0n) is 10.4. The van der Waals surface area contributed by atoms with E-state index in [4.69, 9.17) is 0 Å². The minimum absolute atomic E-state index is 0.580. The number of nitrogens with one attached hydrogen (secondary N) is 2. The first-order chi connectivity index (χ1) is 8.28. The van der Waals surface area contributed by atoms with Crippen LogP contribution in [0.15, 0.2) is 18.7 Å². The lowest BCUT2D eigenvalue weighted by atomic mass is 10.2. The Balaban J connectivity index is 2.04. The Morgan fingerprint density at radius 3 is 2.88 bits per heavy atom. The number of anilines is 2. The van der Waals surface area contributed by atoms with Crippen molar-refractivity contribution >= 4 is 11.8 Å². The van der Waals surface area contributed by atoms with Crippen molar-refractivity contribution in [1.82, 2.24) is 9.97 Å². The van der Waals surface area contributed by atoms with Crippen molar-refractivity contribution in [2.75, 3.05) is 17.2 Å². The highest BCUT2D eigenvalue weighted by Crippen LogP contribution is 2.22. The maximum absolute atomic E-state index is 4.45. The van der Waals surface area contributed by atoms with Crippen LogP contribution < -0.4 is 10.6 Å². The van der Waals surface area contributed by atoms with Crippen molar-refractivity contribution < 1.29 is 0 Å². The second-order valence-electron chi connectivity index (χ2n) is 4.51. The minimum Gasteiger partial charge on any atom is -0.367 e. The van der Waals surface area contributed by atoms with Gasteiger partial charge in [0, 0.05) is 24.3 Å². The van der Waals surface area contributed by atoms with Gasteiger partial charge in [-0.25, -0.2) is 4.98 Å². The molecule has 1 heterocycles. The van der Waals surface area contributed by atoms with Gasteiger partial charge in [-0.2, -0.15) is 4.98 Å². The Morgan fingerprint density at radius 1 is 1.41 bits per heavy atom. The van der Waals surface area contributed by atoms with E-state index >= 15 is 0 Å². The zero-order chi connectivity index (χ0) is 12.1. The van der Waals surface area contributed by atoms with Gasteiger partial charge in [0.05, 0.1) is 0 Å². The van der Waals surface area contributed by atoms with E-state index < -0.39 is 0 Å². The van der Waals surface area contributed by atoms with Gasteiger partial charge in [0.1, 0.15) is 5.82 Å². The Morgan fingerprint density at radius 2 is 2.18 bits per heavy atom. The molecule has 4 heteroatoms. The molecule has 4 nitrogen and oxygen atoms in total. The van der Waals surface area contributed by atoms with E-state index in [9.17, 15) is 0 Å². The van der Waals surface area contributed by atoms with Crippen molar-refractivity contribution in [3.05, 3.63) is 24.4 Å². The van der Waals surface area contributed by atoms with Gasteiger partial charge in [-0.05, 0) is 19.8 Å². The first kappa shape index (κ1) is 11.9. The molecule has 2 N–H and O–H groups in total. The molecule has 1 aromatic heterocycles. The molecule has 0 saturated heterocycles. The summed E-state index contributed by atoms with van der Waals surface area (Å²) >= 11 is 0. The SMILES string of the molecule is C=CCNc1nc(C)cc(NC2CCCC2)n1. The molecule has 0 spiro atoms. The predicted octanol–water partition coefficient (Wildman–Crippen LogP) is 2.74. The van der Waals surface area contributed by atoms with Gasteiger partial charge >= 0.3 is 0 Å². The van der Waals surface area contributed by atoms with Crippen LogP contribution in [0.2, 0.25) is 0 Å². The van der Waals surface area contributed by atoms with Crippen LogP contribution in [0.4, 0.5) is 11.8 Å². The third-order valence-corrected chi connectivity index (χ3v) is 2.97. The second-order valence-corrected chi connectivity index (χ2v) is 4.51. The van der Waals surface area contributed by atoms with E-state index in [0.29, 0.717) is 18.5 Å². The maximum atomic E-state index is 4.45. The van der Waals surface area contributed by atoms with Crippen molar-refractivity contribution in [2.24, 2.45) is 0 Å². The van der Waals surface area contributed by atoms with Gasteiger partial charge in [0.25, 0.3) is 0 Å². The monoisotopic (exact) mass is 232 g/mol. The molecular weight excluding hydrogens is 212 g/mol. The average Bonchev–Trinajstić information content (AvgIpc) is 2.78. The van der Waals surface area contributed by atoms with Crippen LogP contribution in [0.3, 0.4) is 0 Å². The van der Waals surface area contributed by atoms with E-state index in [1.807, 2.05) is 13.0 Å². The first-order valence-electron chi connectivity index (χ1n) is 6.25. The number of aromatic nitrogens is 2. The summed E-state index contributed by atoms with van der Waals surface area (Å²) in [7, 11) is 0. The van der Waals surface area contributed by atoms with Crippen molar-refractivity contribution in [3.8, 4) is 0 Å². The highest BCUT2D eigenvalue weighted by Gasteiger charge is 2.15. The molecule has 1 saturated carbocycles. The Hall–Kier alpha value is -1.58. The summed E-state index contributed by atoms with van der Waals surface area (Å²) in [5.74, 6) is 1.60. The van der Waals surface area contributed by atoms with Crippen LogP contribution in [-0.2, 0) is 0 Å². The quantitative estimate of drug-likeness (QED) is 0.766. The largest absolute Gasteiger partial charge is 0.367 e. The molecule has 1 aliphatic carbocycles. The van der Waals surface area contributed by atoms with Crippen LogP contribution in [0.25, 0.3) is 0 Å². The van der Waals surface area contributed by atoms with Gasteiger partial charge in [-0.1, -0.05) is 18.9 Å². The lowest BCUT2D eigenvalue weighted by Gasteiger charge is -2.14. The second kappa shape index (κ2) is 5.66. The summed E-state index contributed by atoms with van der Waals surface area (Å²) in [6, 6.07) is 2.58. The van der Waals surface area contributed by atoms with Crippen LogP contribution >= 0.6 is 0 Å². The fourth-order valence-electron chi connectivity index (χ4n) is 2.16. The molecule has 0 aromatic carbocycles. The van der Waals surface area contributed by atoms with Gasteiger partial charge < -0.3 is 10.6 Å². The Kier molecular flexibility index (Phi) is 3.96. The highest BCUT2D eigenvalue weighted by atomic mass is 15.1. The molecule has 92 valence electrons. The van der Waals surface area contributed by atoms with Crippen molar-refractivity contribution in [2.45, 2.75) is 38.6 Å². The van der Waals surface area contributed by atoms with E-state index in [2.05, 4.69) is 27.2 Å². The summed E-state index contributed by atoms with van der Waals surface area (Å²) < 4.78 is 0. The molecule has 0 unspecified atom stereocenters. The summed E-state index contributed by atoms with van der Waals surface area (Å²) in [6.07, 6.45) is 6.94. The fraction of sp³-hybridized carbons (Fsp3) is 0.538. The van der Waals surface area contributed by atoms with Crippen LogP contribution in [0.5, 0.6) is 0 Å². The summed E-state index contributed by atoms with van der Waals surface area (Å²) in [4.78, 5) is 8.79. The van der Waals surface area contributed by atoms with E-state index in [1.165, 1.54) is 25.7 Å². The molecule has 0 bridgehead atoms. The maximum Gasteiger partial charge on any atom is 0.225 e. The Labute approximate surface area is 103 Å². The standard InChI is InChI=1S/C13H20N4/c1-3-8-14-13-15-10(2)9-12(17-13)16-11-6-4-5-7-11/h3,9,11H,1,4-8H2,2H3,(H2,14,15,16,17). The average molecular weight is 232 g/mol. The minimum atomic E-state index is 0.580. The molecule has 0 aliphatic heterocycles. The molecule has 0 radical (unpaired) electrons. The number of hydrogen-bond donors (Lipinski definition) is 2. The number of rotatable bonds is 5. The molecule has 17 heavy (non-hydrogen) atoms. The summed E-state index contributed by atoms with van der Waals surface area (Å²) in [6.45, 7) is 6.34. The first-order valence-corrected chi connectivity index (χ1v) is 6.25. The lowest BCUT2D eigenvalue weighted by molar-refractivity contribution is 0.749. The van der Waals surface area contributed by atoms with Gasteiger partial charge in [0.15, 0.2) is 0 Å². The van der Waals surface area contributed by atoms with Crippen LogP contribution in [-0.4, -0.2) is 22.6 Å². The molecule has 1 aromatic rings. The molecule has 0 atom stereocenters. The number of hydrogen-bond acceptors (Lipinski definition) is 4. The molecule has 1 aliphatic rings. The topological polar surface area (TPSA) is 49.8 Å². The fourth-order valence-corrected chi connectivity index (χ4v) is 2.16.